The first kappa shape index (κ1) is 17.0. The Hall–Kier alpha value is -3.40. The van der Waals surface area contributed by atoms with Gasteiger partial charge in [0.05, 0.1) is 0 Å². The smallest absolute Gasteiger partial charge is 0.256 e. The largest absolute Gasteiger partial charge is 0.361 e. The van der Waals surface area contributed by atoms with Gasteiger partial charge in [0.15, 0.2) is 5.78 Å². The molecule has 1 amide bonds. The zero-order valence-electron chi connectivity index (χ0n) is 15.1. The molecule has 0 spiro atoms. The van der Waals surface area contributed by atoms with Crippen molar-refractivity contribution in [1.29, 1.82) is 0 Å². The third-order valence-corrected chi connectivity index (χ3v) is 4.85. The Balaban J connectivity index is 1.65. The molecule has 4 nitrogen and oxygen atoms in total. The average molecular weight is 356 g/mol. The van der Waals surface area contributed by atoms with E-state index in [1.54, 1.807) is 19.1 Å². The van der Waals surface area contributed by atoms with Crippen LogP contribution in [0.4, 0.5) is 5.69 Å². The molecule has 1 heterocycles. The van der Waals surface area contributed by atoms with Gasteiger partial charge in [-0.05, 0) is 42.8 Å². The van der Waals surface area contributed by atoms with Crippen molar-refractivity contribution in [3.05, 3.63) is 101 Å². The molecular weight excluding hydrogens is 336 g/mol. The molecule has 0 aromatic heterocycles. The Morgan fingerprint density at radius 3 is 2.30 bits per heavy atom. The van der Waals surface area contributed by atoms with Gasteiger partial charge in [-0.2, -0.15) is 0 Å². The van der Waals surface area contributed by atoms with Gasteiger partial charge in [0.1, 0.15) is 6.17 Å². The number of fused-ring (bicyclic) bond motifs is 1. The van der Waals surface area contributed by atoms with Gasteiger partial charge in [0.2, 0.25) is 0 Å². The molecule has 0 aliphatic carbocycles. The summed E-state index contributed by atoms with van der Waals surface area (Å²) in [5.74, 6) is 0.0564. The minimum atomic E-state index is -0.253. The highest BCUT2D eigenvalue weighted by Gasteiger charge is 2.36. The van der Waals surface area contributed by atoms with E-state index < -0.39 is 0 Å². The summed E-state index contributed by atoms with van der Waals surface area (Å²) in [6, 6.07) is 25.0. The van der Waals surface area contributed by atoms with Crippen LogP contribution in [0, 0.1) is 0 Å². The first-order valence-electron chi connectivity index (χ1n) is 8.95. The highest BCUT2D eigenvalue weighted by Crippen LogP contribution is 2.35. The van der Waals surface area contributed by atoms with Crippen LogP contribution in [0.3, 0.4) is 0 Å². The summed E-state index contributed by atoms with van der Waals surface area (Å²) in [6.07, 6.45) is -0.253. The highest BCUT2D eigenvalue weighted by atomic mass is 16.2. The number of nitrogens with zero attached hydrogens (tertiary/aromatic N) is 1. The van der Waals surface area contributed by atoms with E-state index in [0.29, 0.717) is 12.1 Å². The number of hydrogen-bond acceptors (Lipinski definition) is 3. The molecule has 0 fully saturated rings. The van der Waals surface area contributed by atoms with Crippen LogP contribution in [0.1, 0.15) is 44.9 Å². The second-order valence-corrected chi connectivity index (χ2v) is 6.69. The number of carbonyl (C=O) groups is 2. The van der Waals surface area contributed by atoms with Crippen LogP contribution in [0.5, 0.6) is 0 Å². The molecule has 0 saturated heterocycles. The number of carbonyl (C=O) groups excluding carboxylic acids is 2. The lowest BCUT2D eigenvalue weighted by Gasteiger charge is -2.27. The normalized spacial score (nSPS) is 15.5. The quantitative estimate of drug-likeness (QED) is 0.677. The fourth-order valence-corrected chi connectivity index (χ4v) is 3.43. The first-order valence-corrected chi connectivity index (χ1v) is 8.95. The zero-order chi connectivity index (χ0) is 18.8. The zero-order valence-corrected chi connectivity index (χ0v) is 15.1. The summed E-state index contributed by atoms with van der Waals surface area (Å²) in [5, 5.41) is 3.46. The predicted molar refractivity (Wildman–Crippen MR) is 106 cm³/mol. The Kier molecular flexibility index (Phi) is 4.47. The molecule has 0 saturated carbocycles. The van der Waals surface area contributed by atoms with Crippen molar-refractivity contribution in [1.82, 2.24) is 4.90 Å². The molecule has 4 rings (SSSR count). The third-order valence-electron chi connectivity index (χ3n) is 4.85. The van der Waals surface area contributed by atoms with Crippen LogP contribution in [-0.4, -0.2) is 16.6 Å². The van der Waals surface area contributed by atoms with E-state index in [0.717, 1.165) is 22.4 Å². The number of ketones is 1. The second-order valence-electron chi connectivity index (χ2n) is 6.69. The number of Topliss-reactive ketones (excluding diaryl/α,β-unsaturated/α-hetero) is 1. The number of amides is 1. The number of benzene rings is 3. The van der Waals surface area contributed by atoms with Crippen molar-refractivity contribution in [2.75, 3.05) is 5.32 Å². The van der Waals surface area contributed by atoms with Gasteiger partial charge in [-0.1, -0.05) is 48.5 Å². The SMILES string of the molecule is CC(=O)c1ccc(NC2c3ccccc3C(=O)N2Cc2ccccc2)cc1. The van der Waals surface area contributed by atoms with Crippen molar-refractivity contribution in [2.24, 2.45) is 0 Å². The Labute approximate surface area is 158 Å². The van der Waals surface area contributed by atoms with Gasteiger partial charge < -0.3 is 10.2 Å². The van der Waals surface area contributed by atoms with Crippen LogP contribution < -0.4 is 5.32 Å². The van der Waals surface area contributed by atoms with Crippen LogP contribution in [0.2, 0.25) is 0 Å². The predicted octanol–water partition coefficient (Wildman–Crippen LogP) is 4.66. The average Bonchev–Trinajstić information content (AvgIpc) is 2.95. The van der Waals surface area contributed by atoms with Gasteiger partial charge in [-0.25, -0.2) is 0 Å². The molecule has 1 aliphatic rings. The third kappa shape index (κ3) is 3.34. The Morgan fingerprint density at radius 2 is 1.59 bits per heavy atom. The summed E-state index contributed by atoms with van der Waals surface area (Å²) < 4.78 is 0. The van der Waals surface area contributed by atoms with Crippen LogP contribution in [-0.2, 0) is 6.54 Å². The lowest BCUT2D eigenvalue weighted by molar-refractivity contribution is 0.0728. The van der Waals surface area contributed by atoms with E-state index in [-0.39, 0.29) is 17.9 Å². The number of nitrogens with one attached hydrogen (secondary N) is 1. The molecule has 0 radical (unpaired) electrons. The number of rotatable bonds is 5. The van der Waals surface area contributed by atoms with Gasteiger partial charge in [-0.15, -0.1) is 0 Å². The van der Waals surface area contributed by atoms with Gasteiger partial charge in [0.25, 0.3) is 5.91 Å². The second kappa shape index (κ2) is 7.08. The summed E-state index contributed by atoms with van der Waals surface area (Å²) in [5.41, 5.74) is 4.31. The van der Waals surface area contributed by atoms with Crippen molar-refractivity contribution >= 4 is 17.4 Å². The summed E-state index contributed by atoms with van der Waals surface area (Å²) in [7, 11) is 0. The summed E-state index contributed by atoms with van der Waals surface area (Å²) in [6.45, 7) is 2.08. The molecule has 1 atom stereocenters. The Bertz CT molecular complexity index is 981. The molecule has 0 bridgehead atoms. The molecule has 27 heavy (non-hydrogen) atoms. The Morgan fingerprint density at radius 1 is 0.926 bits per heavy atom. The molecule has 1 aliphatic heterocycles. The fraction of sp³-hybridized carbons (Fsp3) is 0.130. The van der Waals surface area contributed by atoms with Crippen LogP contribution in [0.25, 0.3) is 0 Å². The first-order chi connectivity index (χ1) is 13.1. The monoisotopic (exact) mass is 356 g/mol. The van der Waals surface area contributed by atoms with Crippen molar-refractivity contribution < 1.29 is 9.59 Å². The summed E-state index contributed by atoms with van der Waals surface area (Å²) >= 11 is 0. The molecular formula is C23H20N2O2. The van der Waals surface area contributed by atoms with Crippen molar-refractivity contribution in [2.45, 2.75) is 19.6 Å². The lowest BCUT2D eigenvalue weighted by atomic mass is 10.1. The van der Waals surface area contributed by atoms with E-state index >= 15 is 0 Å². The molecule has 1 unspecified atom stereocenters. The molecule has 3 aromatic rings. The molecule has 3 aromatic carbocycles. The number of hydrogen-bond donors (Lipinski definition) is 1. The van der Waals surface area contributed by atoms with E-state index in [4.69, 9.17) is 0 Å². The van der Waals surface area contributed by atoms with Gasteiger partial charge in [-0.3, -0.25) is 9.59 Å². The van der Waals surface area contributed by atoms with Gasteiger partial charge in [0, 0.05) is 28.9 Å². The highest BCUT2D eigenvalue weighted by molar-refractivity contribution is 5.99. The van der Waals surface area contributed by atoms with E-state index in [1.165, 1.54) is 0 Å². The van der Waals surface area contributed by atoms with Crippen molar-refractivity contribution in [3.63, 3.8) is 0 Å². The van der Waals surface area contributed by atoms with Crippen LogP contribution in [0.15, 0.2) is 78.9 Å². The maximum absolute atomic E-state index is 13.0. The topological polar surface area (TPSA) is 49.4 Å². The standard InChI is InChI=1S/C23H20N2O2/c1-16(26)18-11-13-19(14-12-18)24-22-20-9-5-6-10-21(20)23(27)25(22)15-17-7-3-2-4-8-17/h2-14,22,24H,15H2,1H3. The van der Waals surface area contributed by atoms with E-state index in [2.05, 4.69) is 5.32 Å². The minimum Gasteiger partial charge on any atom is -0.361 e. The molecule has 1 N–H and O–H groups in total. The lowest BCUT2D eigenvalue weighted by Crippen LogP contribution is -2.31. The van der Waals surface area contributed by atoms with Crippen LogP contribution >= 0.6 is 0 Å². The maximum atomic E-state index is 13.0. The van der Waals surface area contributed by atoms with Crippen molar-refractivity contribution in [3.8, 4) is 0 Å². The molecule has 4 heteroatoms. The van der Waals surface area contributed by atoms with E-state index in [9.17, 15) is 9.59 Å². The number of anilines is 1. The molecule has 134 valence electrons. The van der Waals surface area contributed by atoms with E-state index in [1.807, 2.05) is 71.6 Å². The van der Waals surface area contributed by atoms with Gasteiger partial charge >= 0.3 is 0 Å². The summed E-state index contributed by atoms with van der Waals surface area (Å²) in [4.78, 5) is 26.3. The minimum absolute atomic E-state index is 0.0207. The fourth-order valence-electron chi connectivity index (χ4n) is 3.43. The maximum Gasteiger partial charge on any atom is 0.256 e.